The van der Waals surface area contributed by atoms with E-state index in [1.165, 1.54) is 0 Å². The van der Waals surface area contributed by atoms with Crippen LogP contribution in [-0.4, -0.2) is 32.8 Å². The predicted molar refractivity (Wildman–Crippen MR) is 126 cm³/mol. The monoisotopic (exact) mass is 515 g/mol. The van der Waals surface area contributed by atoms with Crippen LogP contribution < -0.4 is 10.6 Å². The average Bonchev–Trinajstić information content (AvgIpc) is 3.45. The summed E-state index contributed by atoms with van der Waals surface area (Å²) in [4.78, 5) is 8.76. The fourth-order valence-corrected chi connectivity index (χ4v) is 2.84. The van der Waals surface area contributed by atoms with Crippen LogP contribution in [0.4, 0.5) is 0 Å². The van der Waals surface area contributed by atoms with Gasteiger partial charge in [-0.3, -0.25) is 9.56 Å². The number of halogens is 1. The Hall–Kier alpha value is -3.21. The second-order valence-corrected chi connectivity index (χ2v) is 6.24. The third-order valence-electron chi connectivity index (χ3n) is 4.30. The van der Waals surface area contributed by atoms with Crippen LogP contribution in [0.5, 0.6) is 0 Å². The third-order valence-corrected chi connectivity index (χ3v) is 4.30. The van der Waals surface area contributed by atoms with Gasteiger partial charge in [-0.05, 0) is 24.3 Å². The second-order valence-electron chi connectivity index (χ2n) is 6.24. The molecule has 154 valence electrons. The highest BCUT2D eigenvalue weighted by molar-refractivity contribution is 14.0. The van der Waals surface area contributed by atoms with Gasteiger partial charge >= 0.3 is 0 Å². The molecular weight excluding hydrogens is 493 g/mol. The molecule has 0 saturated heterocycles. The maximum absolute atomic E-state index is 5.57. The van der Waals surface area contributed by atoms with Gasteiger partial charge in [0, 0.05) is 18.3 Å². The molecule has 0 saturated carbocycles. The molecule has 2 heterocycles. The predicted octanol–water partition coefficient (Wildman–Crippen LogP) is 3.41. The molecule has 0 unspecified atom stereocenters. The molecule has 9 heteroatoms. The number of hydrogen-bond donors (Lipinski definition) is 2. The smallest absolute Gasteiger partial charge is 0.226 e. The number of aromatic nitrogens is 4. The lowest BCUT2D eigenvalue weighted by Crippen LogP contribution is -2.37. The molecule has 0 atom stereocenters. The van der Waals surface area contributed by atoms with E-state index in [-0.39, 0.29) is 24.0 Å². The first kappa shape index (κ1) is 21.5. The van der Waals surface area contributed by atoms with E-state index in [1.54, 1.807) is 19.6 Å². The lowest BCUT2D eigenvalue weighted by Gasteiger charge is -2.11. The minimum Gasteiger partial charge on any atom is -0.444 e. The van der Waals surface area contributed by atoms with Gasteiger partial charge in [-0.1, -0.05) is 36.4 Å². The number of guanidine groups is 1. The van der Waals surface area contributed by atoms with Crippen molar-refractivity contribution < 1.29 is 4.42 Å². The molecule has 0 spiro atoms. The van der Waals surface area contributed by atoms with Crippen LogP contribution in [-0.2, 0) is 13.1 Å². The summed E-state index contributed by atoms with van der Waals surface area (Å²) < 4.78 is 7.50. The molecule has 4 rings (SSSR count). The van der Waals surface area contributed by atoms with Gasteiger partial charge in [0.2, 0.25) is 5.89 Å². The fraction of sp³-hybridized carbons (Fsp3) is 0.143. The molecular formula is C21H22IN7O. The summed E-state index contributed by atoms with van der Waals surface area (Å²) in [6, 6.07) is 19.8. The highest BCUT2D eigenvalue weighted by Gasteiger charge is 2.09. The first-order chi connectivity index (χ1) is 14.3. The van der Waals surface area contributed by atoms with Gasteiger partial charge in [-0.25, -0.2) is 4.98 Å². The van der Waals surface area contributed by atoms with Gasteiger partial charge in [-0.2, -0.15) is 0 Å². The van der Waals surface area contributed by atoms with Crippen molar-refractivity contribution in [3.05, 3.63) is 84.8 Å². The summed E-state index contributed by atoms with van der Waals surface area (Å²) in [6.45, 7) is 0.962. The Morgan fingerprint density at radius 1 is 1.00 bits per heavy atom. The lowest BCUT2D eigenvalue weighted by molar-refractivity contribution is 0.572. The van der Waals surface area contributed by atoms with Crippen molar-refractivity contribution in [2.24, 2.45) is 4.99 Å². The lowest BCUT2D eigenvalue weighted by atomic mass is 10.2. The Labute approximate surface area is 191 Å². The van der Waals surface area contributed by atoms with E-state index in [9.17, 15) is 0 Å². The van der Waals surface area contributed by atoms with Crippen LogP contribution in [0.2, 0.25) is 0 Å². The minimum atomic E-state index is 0. The molecule has 30 heavy (non-hydrogen) atoms. The molecule has 2 N–H and O–H groups in total. The Morgan fingerprint density at radius 2 is 1.70 bits per heavy atom. The van der Waals surface area contributed by atoms with Crippen LogP contribution in [0.25, 0.3) is 17.1 Å². The Balaban J connectivity index is 0.00000256. The van der Waals surface area contributed by atoms with E-state index in [2.05, 4.69) is 30.8 Å². The van der Waals surface area contributed by atoms with Crippen molar-refractivity contribution in [1.29, 1.82) is 0 Å². The topological polar surface area (TPSA) is 93.2 Å². The maximum atomic E-state index is 5.57. The van der Waals surface area contributed by atoms with E-state index in [4.69, 9.17) is 4.42 Å². The number of hydrogen-bond acceptors (Lipinski definition) is 5. The molecule has 0 amide bonds. The molecule has 2 aromatic carbocycles. The van der Waals surface area contributed by atoms with Crippen molar-refractivity contribution in [3.8, 4) is 17.1 Å². The first-order valence-electron chi connectivity index (χ1n) is 9.22. The van der Waals surface area contributed by atoms with Gasteiger partial charge < -0.3 is 15.1 Å². The zero-order valence-electron chi connectivity index (χ0n) is 16.4. The molecule has 8 nitrogen and oxygen atoms in total. The van der Waals surface area contributed by atoms with Crippen molar-refractivity contribution >= 4 is 29.9 Å². The second kappa shape index (κ2) is 10.5. The quantitative estimate of drug-likeness (QED) is 0.232. The highest BCUT2D eigenvalue weighted by Crippen LogP contribution is 2.17. The summed E-state index contributed by atoms with van der Waals surface area (Å²) in [7, 11) is 1.72. The summed E-state index contributed by atoms with van der Waals surface area (Å²) in [5.41, 5.74) is 2.74. The van der Waals surface area contributed by atoms with E-state index < -0.39 is 0 Å². The molecule has 2 aromatic heterocycles. The normalized spacial score (nSPS) is 11.0. The zero-order valence-corrected chi connectivity index (χ0v) is 18.7. The van der Waals surface area contributed by atoms with Crippen molar-refractivity contribution in [3.63, 3.8) is 0 Å². The van der Waals surface area contributed by atoms with Crippen molar-refractivity contribution in [1.82, 2.24) is 30.4 Å². The summed E-state index contributed by atoms with van der Waals surface area (Å²) in [5.74, 6) is 2.02. The molecule has 0 aliphatic carbocycles. The molecule has 4 aromatic rings. The molecule has 0 bridgehead atoms. The van der Waals surface area contributed by atoms with Gasteiger partial charge in [0.15, 0.2) is 11.8 Å². The van der Waals surface area contributed by atoms with E-state index >= 15 is 0 Å². The zero-order chi connectivity index (χ0) is 19.9. The summed E-state index contributed by atoms with van der Waals surface area (Å²) in [5, 5.41) is 14.7. The number of nitrogens with one attached hydrogen (secondary N) is 2. The third kappa shape index (κ3) is 5.23. The number of benzene rings is 2. The minimum absolute atomic E-state index is 0. The van der Waals surface area contributed by atoms with E-state index in [1.807, 2.05) is 65.2 Å². The van der Waals surface area contributed by atoms with Crippen molar-refractivity contribution in [2.75, 3.05) is 7.05 Å². The molecule has 0 radical (unpaired) electrons. The SMILES string of the molecule is CN=C(NCc1coc(-c2ccccc2)n1)NCc1nncn1-c1ccccc1.I. The maximum Gasteiger partial charge on any atom is 0.226 e. The molecule has 0 fully saturated rings. The summed E-state index contributed by atoms with van der Waals surface area (Å²) >= 11 is 0. The van der Waals surface area contributed by atoms with Crippen LogP contribution in [0.1, 0.15) is 11.5 Å². The Morgan fingerprint density at radius 3 is 2.43 bits per heavy atom. The highest BCUT2D eigenvalue weighted by atomic mass is 127. The average molecular weight is 515 g/mol. The number of rotatable bonds is 6. The number of nitrogens with zero attached hydrogens (tertiary/aromatic N) is 5. The van der Waals surface area contributed by atoms with Crippen molar-refractivity contribution in [2.45, 2.75) is 13.1 Å². The van der Waals surface area contributed by atoms with Crippen LogP contribution in [0, 0.1) is 0 Å². The largest absolute Gasteiger partial charge is 0.444 e. The van der Waals surface area contributed by atoms with Gasteiger partial charge in [0.1, 0.15) is 12.6 Å². The summed E-state index contributed by atoms with van der Waals surface area (Å²) in [6.07, 6.45) is 3.34. The van der Waals surface area contributed by atoms with Gasteiger partial charge in [-0.15, -0.1) is 34.2 Å². The standard InChI is InChI=1S/C21H21N7O.HI/c1-22-21(23-12-17-14-29-20(26-17)16-8-4-2-5-9-16)24-13-19-27-25-15-28(19)18-10-6-3-7-11-18;/h2-11,14-15H,12-13H2,1H3,(H2,22,23,24);1H. The van der Waals surface area contributed by atoms with E-state index in [0.717, 1.165) is 22.8 Å². The van der Waals surface area contributed by atoms with Gasteiger partial charge in [0.25, 0.3) is 0 Å². The number of aliphatic imine (C=N–C) groups is 1. The number of oxazole rings is 1. The number of para-hydroxylation sites is 1. The Bertz CT molecular complexity index is 1080. The first-order valence-corrected chi connectivity index (χ1v) is 9.22. The molecule has 0 aliphatic rings. The Kier molecular flexibility index (Phi) is 7.55. The van der Waals surface area contributed by atoms with Gasteiger partial charge in [0.05, 0.1) is 18.8 Å². The van der Waals surface area contributed by atoms with Crippen LogP contribution in [0.3, 0.4) is 0 Å². The van der Waals surface area contributed by atoms with E-state index in [0.29, 0.717) is 24.9 Å². The molecule has 0 aliphatic heterocycles. The fourth-order valence-electron chi connectivity index (χ4n) is 2.84. The van der Waals surface area contributed by atoms with Crippen LogP contribution in [0.15, 0.2) is 82.7 Å². The van der Waals surface area contributed by atoms with Crippen LogP contribution >= 0.6 is 24.0 Å².